The Hall–Kier alpha value is -1.01. The van der Waals surface area contributed by atoms with Crippen LogP contribution in [0.4, 0.5) is 0 Å². The van der Waals surface area contributed by atoms with Crippen molar-refractivity contribution in [2.45, 2.75) is 19.8 Å². The molecule has 1 amide bonds. The predicted octanol–water partition coefficient (Wildman–Crippen LogP) is 0.468. The van der Waals surface area contributed by atoms with Crippen LogP contribution in [0.3, 0.4) is 0 Å². The van der Waals surface area contributed by atoms with E-state index in [0.717, 1.165) is 13.0 Å². The van der Waals surface area contributed by atoms with Gasteiger partial charge in [-0.15, -0.1) is 6.42 Å². The number of rotatable bonds is 6. The summed E-state index contributed by atoms with van der Waals surface area (Å²) < 4.78 is 0. The van der Waals surface area contributed by atoms with Crippen LogP contribution in [0.15, 0.2) is 0 Å². The van der Waals surface area contributed by atoms with Gasteiger partial charge in [-0.2, -0.15) is 0 Å². The molecule has 0 fully saturated rings. The van der Waals surface area contributed by atoms with Gasteiger partial charge in [0.2, 0.25) is 5.91 Å². The average molecular weight is 182 g/mol. The molecule has 0 heterocycles. The number of nitrogens with zero attached hydrogens (tertiary/aromatic N) is 1. The maximum absolute atomic E-state index is 11.5. The maximum atomic E-state index is 11.5. The summed E-state index contributed by atoms with van der Waals surface area (Å²) in [5, 5.41) is 2.94. The number of hydrogen-bond donors (Lipinski definition) is 1. The first kappa shape index (κ1) is 12.0. The summed E-state index contributed by atoms with van der Waals surface area (Å²) in [6.07, 6.45) is 6.64. The summed E-state index contributed by atoms with van der Waals surface area (Å²) in [5.41, 5.74) is 0. The molecule has 0 aromatic carbocycles. The number of terminal acetylenes is 1. The first-order valence-corrected chi connectivity index (χ1v) is 4.62. The Bertz CT molecular complexity index is 184. The van der Waals surface area contributed by atoms with Gasteiger partial charge in [0.05, 0.1) is 6.54 Å². The van der Waals surface area contributed by atoms with Crippen molar-refractivity contribution in [1.82, 2.24) is 10.2 Å². The molecule has 0 aromatic rings. The molecule has 0 radical (unpaired) electrons. The highest BCUT2D eigenvalue weighted by Gasteiger charge is 2.09. The highest BCUT2D eigenvalue weighted by atomic mass is 16.2. The van der Waals surface area contributed by atoms with Crippen molar-refractivity contribution in [3.63, 3.8) is 0 Å². The van der Waals surface area contributed by atoms with E-state index in [1.54, 1.807) is 4.90 Å². The van der Waals surface area contributed by atoms with Gasteiger partial charge in [-0.3, -0.25) is 4.79 Å². The van der Waals surface area contributed by atoms with E-state index in [1.165, 1.54) is 0 Å². The topological polar surface area (TPSA) is 32.3 Å². The lowest BCUT2D eigenvalue weighted by molar-refractivity contribution is -0.130. The van der Waals surface area contributed by atoms with Gasteiger partial charge in [0.25, 0.3) is 0 Å². The van der Waals surface area contributed by atoms with E-state index < -0.39 is 0 Å². The SMILES string of the molecule is C#CCN(CCC)C(=O)CCNC. The molecule has 74 valence electrons. The Kier molecular flexibility index (Phi) is 7.04. The van der Waals surface area contributed by atoms with E-state index in [4.69, 9.17) is 6.42 Å². The van der Waals surface area contributed by atoms with Crippen LogP contribution in [0, 0.1) is 12.3 Å². The number of nitrogens with one attached hydrogen (secondary N) is 1. The lowest BCUT2D eigenvalue weighted by Gasteiger charge is -2.19. The third kappa shape index (κ3) is 5.26. The number of amides is 1. The molecule has 0 bridgehead atoms. The summed E-state index contributed by atoms with van der Waals surface area (Å²) in [7, 11) is 1.83. The summed E-state index contributed by atoms with van der Waals surface area (Å²) in [6.45, 7) is 3.93. The maximum Gasteiger partial charge on any atom is 0.224 e. The van der Waals surface area contributed by atoms with Gasteiger partial charge in [-0.05, 0) is 13.5 Å². The van der Waals surface area contributed by atoms with Crippen molar-refractivity contribution in [2.75, 3.05) is 26.7 Å². The Morgan fingerprint density at radius 3 is 2.77 bits per heavy atom. The molecule has 0 aliphatic carbocycles. The highest BCUT2D eigenvalue weighted by molar-refractivity contribution is 5.76. The Morgan fingerprint density at radius 1 is 1.62 bits per heavy atom. The van der Waals surface area contributed by atoms with E-state index in [1.807, 2.05) is 14.0 Å². The van der Waals surface area contributed by atoms with Crippen LogP contribution in [-0.2, 0) is 4.79 Å². The summed E-state index contributed by atoms with van der Waals surface area (Å²) in [4.78, 5) is 13.2. The lowest BCUT2D eigenvalue weighted by atomic mass is 10.3. The standard InChI is InChI=1S/C10H18N2O/c1-4-8-12(9-5-2)10(13)6-7-11-3/h1,11H,5-9H2,2-3H3. The molecule has 0 spiro atoms. The first-order valence-electron chi connectivity index (χ1n) is 4.62. The molecule has 0 saturated heterocycles. The smallest absolute Gasteiger partial charge is 0.224 e. The minimum Gasteiger partial charge on any atom is -0.332 e. The van der Waals surface area contributed by atoms with E-state index in [0.29, 0.717) is 19.5 Å². The van der Waals surface area contributed by atoms with Gasteiger partial charge in [-0.25, -0.2) is 0 Å². The Balaban J connectivity index is 3.89. The molecule has 13 heavy (non-hydrogen) atoms. The van der Waals surface area contributed by atoms with Gasteiger partial charge in [0.15, 0.2) is 0 Å². The zero-order chi connectivity index (χ0) is 10.1. The summed E-state index contributed by atoms with van der Waals surface area (Å²) in [5.74, 6) is 2.63. The van der Waals surface area contributed by atoms with Crippen molar-refractivity contribution in [3.05, 3.63) is 0 Å². The van der Waals surface area contributed by atoms with Crippen molar-refractivity contribution in [2.24, 2.45) is 0 Å². The molecule has 1 N–H and O–H groups in total. The molecular formula is C10H18N2O. The molecule has 0 aromatic heterocycles. The average Bonchev–Trinajstić information content (AvgIpc) is 2.14. The quantitative estimate of drug-likeness (QED) is 0.606. The fraction of sp³-hybridized carbons (Fsp3) is 0.700. The van der Waals surface area contributed by atoms with Crippen molar-refractivity contribution >= 4 is 5.91 Å². The zero-order valence-electron chi connectivity index (χ0n) is 8.47. The fourth-order valence-corrected chi connectivity index (χ4v) is 1.06. The lowest BCUT2D eigenvalue weighted by Crippen LogP contribution is -2.33. The van der Waals surface area contributed by atoms with Crippen LogP contribution >= 0.6 is 0 Å². The molecular weight excluding hydrogens is 164 g/mol. The van der Waals surface area contributed by atoms with Crippen molar-refractivity contribution in [3.8, 4) is 12.3 Å². The Labute approximate surface area is 80.5 Å². The van der Waals surface area contributed by atoms with Crippen molar-refractivity contribution < 1.29 is 4.79 Å². The van der Waals surface area contributed by atoms with Crippen LogP contribution in [0.2, 0.25) is 0 Å². The van der Waals surface area contributed by atoms with Gasteiger partial charge in [-0.1, -0.05) is 12.8 Å². The fourth-order valence-electron chi connectivity index (χ4n) is 1.06. The highest BCUT2D eigenvalue weighted by Crippen LogP contribution is 1.95. The van der Waals surface area contributed by atoms with Crippen LogP contribution in [0.25, 0.3) is 0 Å². The van der Waals surface area contributed by atoms with Crippen LogP contribution in [0.5, 0.6) is 0 Å². The van der Waals surface area contributed by atoms with Gasteiger partial charge < -0.3 is 10.2 Å². The molecule has 0 unspecified atom stereocenters. The largest absolute Gasteiger partial charge is 0.332 e. The third-order valence-electron chi connectivity index (χ3n) is 1.72. The molecule has 0 aliphatic heterocycles. The molecule has 3 nitrogen and oxygen atoms in total. The normalized spacial score (nSPS) is 9.31. The van der Waals surface area contributed by atoms with Crippen molar-refractivity contribution in [1.29, 1.82) is 0 Å². The van der Waals surface area contributed by atoms with Gasteiger partial charge >= 0.3 is 0 Å². The molecule has 0 rings (SSSR count). The molecule has 0 atom stereocenters. The summed E-state index contributed by atoms with van der Waals surface area (Å²) in [6, 6.07) is 0. The second kappa shape index (κ2) is 7.63. The van der Waals surface area contributed by atoms with Crippen LogP contribution in [0.1, 0.15) is 19.8 Å². The first-order chi connectivity index (χ1) is 6.26. The third-order valence-corrected chi connectivity index (χ3v) is 1.72. The number of hydrogen-bond acceptors (Lipinski definition) is 2. The molecule has 0 aliphatic rings. The van der Waals surface area contributed by atoms with E-state index in [9.17, 15) is 4.79 Å². The monoisotopic (exact) mass is 182 g/mol. The van der Waals surface area contributed by atoms with Crippen LogP contribution < -0.4 is 5.32 Å². The zero-order valence-corrected chi connectivity index (χ0v) is 8.47. The Morgan fingerprint density at radius 2 is 2.31 bits per heavy atom. The summed E-state index contributed by atoms with van der Waals surface area (Å²) >= 11 is 0. The molecule has 0 saturated carbocycles. The van der Waals surface area contributed by atoms with E-state index >= 15 is 0 Å². The number of carbonyl (C=O) groups excluding carboxylic acids is 1. The van der Waals surface area contributed by atoms with Crippen LogP contribution in [-0.4, -0.2) is 37.5 Å². The second-order valence-corrected chi connectivity index (χ2v) is 2.87. The van der Waals surface area contributed by atoms with Gasteiger partial charge in [0, 0.05) is 19.5 Å². The molecule has 3 heteroatoms. The van der Waals surface area contributed by atoms with E-state index in [2.05, 4.69) is 11.2 Å². The number of carbonyl (C=O) groups is 1. The minimum atomic E-state index is 0.133. The predicted molar refractivity (Wildman–Crippen MR) is 54.2 cm³/mol. The van der Waals surface area contributed by atoms with E-state index in [-0.39, 0.29) is 5.91 Å². The second-order valence-electron chi connectivity index (χ2n) is 2.87. The minimum absolute atomic E-state index is 0.133. The van der Waals surface area contributed by atoms with Gasteiger partial charge in [0.1, 0.15) is 0 Å².